The van der Waals surface area contributed by atoms with E-state index in [-0.39, 0.29) is 18.1 Å². The molecular formula is C19H17N2O3. The molecule has 0 bridgehead atoms. The molecule has 0 aliphatic carbocycles. The van der Waals surface area contributed by atoms with E-state index in [0.29, 0.717) is 12.3 Å². The number of ketones is 1. The molecule has 0 N–H and O–H groups in total. The lowest BCUT2D eigenvalue weighted by molar-refractivity contribution is -0.136. The zero-order valence-electron chi connectivity index (χ0n) is 13.3. The Labute approximate surface area is 140 Å². The molecule has 2 aromatic carbocycles. The van der Waals surface area contributed by atoms with Gasteiger partial charge in [0, 0.05) is 6.42 Å². The number of nitrogens with zero attached hydrogens (tertiary/aromatic N) is 2. The molecule has 1 radical (unpaired) electrons. The first-order chi connectivity index (χ1) is 11.7. The van der Waals surface area contributed by atoms with Gasteiger partial charge in [0.2, 0.25) is 0 Å². The minimum absolute atomic E-state index is 0.148. The molecule has 0 fully saturated rings. The van der Waals surface area contributed by atoms with E-state index in [0.717, 1.165) is 11.1 Å². The SMILES string of the molecule is COc1cccc(CC(=O)C2[C]=NN(Cc3ccccc3)C2=O)c1. The van der Waals surface area contributed by atoms with Crippen molar-refractivity contribution >= 4 is 17.9 Å². The molecule has 0 aromatic heterocycles. The fourth-order valence-corrected chi connectivity index (χ4v) is 2.55. The molecule has 1 aliphatic rings. The van der Waals surface area contributed by atoms with Crippen molar-refractivity contribution in [2.75, 3.05) is 7.11 Å². The molecule has 1 amide bonds. The monoisotopic (exact) mass is 321 g/mol. The first-order valence-electron chi connectivity index (χ1n) is 7.64. The van der Waals surface area contributed by atoms with Crippen molar-refractivity contribution in [1.82, 2.24) is 5.01 Å². The maximum atomic E-state index is 12.4. The summed E-state index contributed by atoms with van der Waals surface area (Å²) in [4.78, 5) is 24.8. The van der Waals surface area contributed by atoms with E-state index in [2.05, 4.69) is 11.3 Å². The number of hydrogen-bond donors (Lipinski definition) is 0. The van der Waals surface area contributed by atoms with Crippen molar-refractivity contribution in [3.63, 3.8) is 0 Å². The lowest BCUT2D eigenvalue weighted by Gasteiger charge is -2.13. The van der Waals surface area contributed by atoms with E-state index in [9.17, 15) is 9.59 Å². The van der Waals surface area contributed by atoms with E-state index in [1.54, 1.807) is 13.2 Å². The molecule has 5 heteroatoms. The zero-order valence-corrected chi connectivity index (χ0v) is 13.3. The van der Waals surface area contributed by atoms with Crippen LogP contribution in [-0.2, 0) is 22.6 Å². The van der Waals surface area contributed by atoms with Gasteiger partial charge in [-0.25, -0.2) is 5.01 Å². The fraction of sp³-hybridized carbons (Fsp3) is 0.211. The minimum atomic E-state index is -0.931. The van der Waals surface area contributed by atoms with E-state index in [4.69, 9.17) is 4.74 Å². The first-order valence-corrected chi connectivity index (χ1v) is 7.64. The summed E-state index contributed by atoms with van der Waals surface area (Å²) in [5, 5.41) is 5.27. The predicted octanol–water partition coefficient (Wildman–Crippen LogP) is 2.33. The molecule has 24 heavy (non-hydrogen) atoms. The number of carbonyl (C=O) groups is 2. The summed E-state index contributed by atoms with van der Waals surface area (Å²) < 4.78 is 5.15. The van der Waals surface area contributed by atoms with Crippen molar-refractivity contribution < 1.29 is 14.3 Å². The molecule has 0 saturated carbocycles. The maximum absolute atomic E-state index is 12.4. The summed E-state index contributed by atoms with van der Waals surface area (Å²) in [6.07, 6.45) is 2.79. The highest BCUT2D eigenvalue weighted by atomic mass is 16.5. The topological polar surface area (TPSA) is 59.0 Å². The second-order valence-electron chi connectivity index (χ2n) is 5.54. The quantitative estimate of drug-likeness (QED) is 0.767. The van der Waals surface area contributed by atoms with Gasteiger partial charge in [-0.15, -0.1) is 0 Å². The Balaban J connectivity index is 1.64. The predicted molar refractivity (Wildman–Crippen MR) is 89.6 cm³/mol. The van der Waals surface area contributed by atoms with Crippen LogP contribution in [0.5, 0.6) is 5.75 Å². The Hall–Kier alpha value is -2.95. The minimum Gasteiger partial charge on any atom is -0.497 e. The van der Waals surface area contributed by atoms with Crippen LogP contribution in [0.1, 0.15) is 11.1 Å². The average Bonchev–Trinajstić information content (AvgIpc) is 2.97. The van der Waals surface area contributed by atoms with Crippen molar-refractivity contribution in [1.29, 1.82) is 0 Å². The second kappa shape index (κ2) is 7.08. The van der Waals surface area contributed by atoms with Gasteiger partial charge in [-0.3, -0.25) is 9.59 Å². The number of rotatable bonds is 6. The van der Waals surface area contributed by atoms with Crippen LogP contribution in [0.15, 0.2) is 59.7 Å². The third-order valence-electron chi connectivity index (χ3n) is 3.82. The highest BCUT2D eigenvalue weighted by Gasteiger charge is 2.34. The van der Waals surface area contributed by atoms with E-state index >= 15 is 0 Å². The van der Waals surface area contributed by atoms with Gasteiger partial charge in [0.15, 0.2) is 5.78 Å². The van der Waals surface area contributed by atoms with Crippen LogP contribution >= 0.6 is 0 Å². The van der Waals surface area contributed by atoms with Crippen molar-refractivity contribution in [3.8, 4) is 5.75 Å². The van der Waals surface area contributed by atoms with Gasteiger partial charge in [-0.1, -0.05) is 42.5 Å². The number of amides is 1. The number of Topliss-reactive ketones (excluding diaryl/α,β-unsaturated/α-hetero) is 1. The third-order valence-corrected chi connectivity index (χ3v) is 3.82. The van der Waals surface area contributed by atoms with Gasteiger partial charge in [0.25, 0.3) is 5.91 Å². The van der Waals surface area contributed by atoms with Crippen molar-refractivity contribution in [3.05, 3.63) is 65.7 Å². The third kappa shape index (κ3) is 3.51. The maximum Gasteiger partial charge on any atom is 0.259 e. The Bertz CT molecular complexity index is 771. The summed E-state index contributed by atoms with van der Waals surface area (Å²) in [5.41, 5.74) is 1.76. The Morgan fingerprint density at radius 2 is 1.92 bits per heavy atom. The summed E-state index contributed by atoms with van der Waals surface area (Å²) in [5.74, 6) is -0.791. The van der Waals surface area contributed by atoms with Crippen molar-refractivity contribution in [2.24, 2.45) is 11.0 Å². The molecule has 1 heterocycles. The molecular weight excluding hydrogens is 304 g/mol. The number of benzene rings is 2. The van der Waals surface area contributed by atoms with E-state index < -0.39 is 5.92 Å². The molecule has 1 unspecified atom stereocenters. The zero-order chi connectivity index (χ0) is 16.9. The largest absolute Gasteiger partial charge is 0.497 e. The summed E-state index contributed by atoms with van der Waals surface area (Å²) in [6.45, 7) is 0.343. The van der Waals surface area contributed by atoms with E-state index in [1.165, 1.54) is 5.01 Å². The number of ether oxygens (including phenoxy) is 1. The standard InChI is InChI=1S/C19H17N2O3/c1-24-16-9-5-8-15(10-16)11-18(22)17-12-20-21(19(17)23)13-14-6-3-2-4-7-14/h2-10,17H,11,13H2,1H3. The highest BCUT2D eigenvalue weighted by molar-refractivity contribution is 6.16. The van der Waals surface area contributed by atoms with Gasteiger partial charge in [-0.05, 0) is 23.3 Å². The smallest absolute Gasteiger partial charge is 0.259 e. The lowest BCUT2D eigenvalue weighted by atomic mass is 9.98. The van der Waals surface area contributed by atoms with Crippen LogP contribution in [-0.4, -0.2) is 30.0 Å². The molecule has 3 rings (SSSR count). The average molecular weight is 321 g/mol. The van der Waals surface area contributed by atoms with Crippen LogP contribution in [0, 0.1) is 5.92 Å². The Morgan fingerprint density at radius 1 is 1.17 bits per heavy atom. The van der Waals surface area contributed by atoms with E-state index in [1.807, 2.05) is 48.5 Å². The van der Waals surface area contributed by atoms with Crippen LogP contribution in [0.4, 0.5) is 0 Å². The normalized spacial score (nSPS) is 16.5. The number of methoxy groups -OCH3 is 1. The Morgan fingerprint density at radius 3 is 2.67 bits per heavy atom. The van der Waals surface area contributed by atoms with Gasteiger partial charge < -0.3 is 4.74 Å². The van der Waals surface area contributed by atoms with Gasteiger partial charge >= 0.3 is 0 Å². The number of hydrogen-bond acceptors (Lipinski definition) is 4. The molecule has 121 valence electrons. The van der Waals surface area contributed by atoms with Crippen LogP contribution < -0.4 is 4.74 Å². The highest BCUT2D eigenvalue weighted by Crippen LogP contribution is 2.19. The molecule has 1 aliphatic heterocycles. The van der Waals surface area contributed by atoms with Crippen LogP contribution in [0.3, 0.4) is 0 Å². The molecule has 0 saturated heterocycles. The molecule has 5 nitrogen and oxygen atoms in total. The van der Waals surface area contributed by atoms with Gasteiger partial charge in [0.05, 0.1) is 13.7 Å². The van der Waals surface area contributed by atoms with Crippen LogP contribution in [0.25, 0.3) is 0 Å². The van der Waals surface area contributed by atoms with Gasteiger partial charge in [0.1, 0.15) is 17.9 Å². The molecule has 2 aromatic rings. The summed E-state index contributed by atoms with van der Waals surface area (Å²) in [7, 11) is 1.57. The van der Waals surface area contributed by atoms with Gasteiger partial charge in [-0.2, -0.15) is 5.10 Å². The number of hydrazone groups is 1. The molecule has 0 spiro atoms. The summed E-state index contributed by atoms with van der Waals surface area (Å²) in [6, 6.07) is 16.8. The lowest BCUT2D eigenvalue weighted by Crippen LogP contribution is -2.31. The fourth-order valence-electron chi connectivity index (χ4n) is 2.55. The number of carbonyl (C=O) groups excluding carboxylic acids is 2. The first kappa shape index (κ1) is 15.9. The summed E-state index contributed by atoms with van der Waals surface area (Å²) >= 11 is 0. The second-order valence-corrected chi connectivity index (χ2v) is 5.54. The Kier molecular flexibility index (Phi) is 4.70. The van der Waals surface area contributed by atoms with Crippen molar-refractivity contribution in [2.45, 2.75) is 13.0 Å². The molecule has 1 atom stereocenters. The van der Waals surface area contributed by atoms with Crippen LogP contribution in [0.2, 0.25) is 0 Å².